The van der Waals surface area contributed by atoms with Gasteiger partial charge in [-0.3, -0.25) is 0 Å². The number of hydrogen-bond acceptors (Lipinski definition) is 5. The highest BCUT2D eigenvalue weighted by atomic mass is 28.4. The van der Waals surface area contributed by atoms with Gasteiger partial charge < -0.3 is 24.5 Å². The topological polar surface area (TPSA) is 85.9 Å². The molecule has 1 unspecified atom stereocenters. The number of esters is 1. The number of carbonyl (C=O) groups excluding carboxylic acids is 2. The smallest absolute Gasteiger partial charge is 0.329 e. The van der Waals surface area contributed by atoms with Crippen LogP contribution >= 0.6 is 0 Å². The lowest BCUT2D eigenvalue weighted by Crippen LogP contribution is -2.48. The van der Waals surface area contributed by atoms with Crippen molar-refractivity contribution in [3.63, 3.8) is 0 Å². The Morgan fingerprint density at radius 1 is 1.04 bits per heavy atom. The van der Waals surface area contributed by atoms with E-state index in [1.165, 1.54) is 0 Å². The van der Waals surface area contributed by atoms with Gasteiger partial charge in [0, 0.05) is 20.3 Å². The number of carbonyl (C=O) groups is 2. The average Bonchev–Trinajstić information content (AvgIpc) is 2.47. The molecule has 1 atom stereocenters. The van der Waals surface area contributed by atoms with Gasteiger partial charge in [0.2, 0.25) is 0 Å². The molecule has 0 aromatic rings. The predicted molar refractivity (Wildman–Crippen MR) is 110 cm³/mol. The van der Waals surface area contributed by atoms with Crippen molar-refractivity contribution < 1.29 is 23.5 Å². The van der Waals surface area contributed by atoms with E-state index < -0.39 is 32.0 Å². The number of rotatable bonds is 10. The summed E-state index contributed by atoms with van der Waals surface area (Å²) in [6.45, 7) is 17.7. The molecule has 0 fully saturated rings. The van der Waals surface area contributed by atoms with Gasteiger partial charge >= 0.3 is 12.0 Å². The zero-order valence-corrected chi connectivity index (χ0v) is 19.7. The summed E-state index contributed by atoms with van der Waals surface area (Å²) >= 11 is 0. The molecule has 0 bridgehead atoms. The van der Waals surface area contributed by atoms with Crippen molar-refractivity contribution in [3.05, 3.63) is 0 Å². The molecule has 160 valence electrons. The Bertz CT molecular complexity index is 470. The second-order valence-corrected chi connectivity index (χ2v) is 14.0. The van der Waals surface area contributed by atoms with Crippen molar-refractivity contribution in [3.8, 4) is 0 Å². The fourth-order valence-corrected chi connectivity index (χ4v) is 3.02. The number of hydrogen-bond donors (Lipinski definition) is 2. The molecule has 2 N–H and O–H groups in total. The number of urea groups is 1. The van der Waals surface area contributed by atoms with Crippen LogP contribution in [-0.2, 0) is 18.7 Å². The summed E-state index contributed by atoms with van der Waals surface area (Å²) in [7, 11) is -0.265. The maximum absolute atomic E-state index is 12.5. The molecule has 0 aliphatic carbocycles. The van der Waals surface area contributed by atoms with E-state index in [-0.39, 0.29) is 5.04 Å². The molecule has 0 aromatic carbocycles. The standard InChI is InChI=1S/C19H40N2O5Si/c1-18(2,3)26-16(22)15(21-17(23)20-12-14-24-7)11-10-13-25-27(8,9)19(4,5)6/h15H,10-14H2,1-9H3,(H2,20,21,23). The summed E-state index contributed by atoms with van der Waals surface area (Å²) < 4.78 is 16.5. The van der Waals surface area contributed by atoms with Crippen LogP contribution in [-0.4, -0.2) is 58.8 Å². The lowest BCUT2D eigenvalue weighted by molar-refractivity contribution is -0.157. The summed E-state index contributed by atoms with van der Waals surface area (Å²) in [5.41, 5.74) is -0.610. The van der Waals surface area contributed by atoms with Gasteiger partial charge in [-0.05, 0) is 51.7 Å². The van der Waals surface area contributed by atoms with Gasteiger partial charge in [-0.1, -0.05) is 20.8 Å². The predicted octanol–water partition coefficient (Wildman–Crippen LogP) is 3.44. The molecule has 2 amide bonds. The van der Waals surface area contributed by atoms with Crippen LogP contribution in [0.4, 0.5) is 4.79 Å². The first kappa shape index (κ1) is 25.9. The number of nitrogens with one attached hydrogen (secondary N) is 2. The van der Waals surface area contributed by atoms with Gasteiger partial charge in [-0.25, -0.2) is 9.59 Å². The first-order valence-electron chi connectivity index (χ1n) is 9.60. The Hall–Kier alpha value is -1.12. The third-order valence-electron chi connectivity index (χ3n) is 4.49. The minimum absolute atomic E-state index is 0.136. The Balaban J connectivity index is 4.71. The molecular formula is C19H40N2O5Si. The fraction of sp³-hybridized carbons (Fsp3) is 0.895. The third kappa shape index (κ3) is 11.3. The quantitative estimate of drug-likeness (QED) is 0.331. The van der Waals surface area contributed by atoms with E-state index in [0.717, 1.165) is 0 Å². The van der Waals surface area contributed by atoms with Crippen LogP contribution in [0.5, 0.6) is 0 Å². The SMILES string of the molecule is COCCNC(=O)NC(CCCO[Si](C)(C)C(C)(C)C)C(=O)OC(C)(C)C. The minimum Gasteiger partial charge on any atom is -0.458 e. The van der Waals surface area contributed by atoms with Crippen molar-refractivity contribution in [2.24, 2.45) is 0 Å². The Morgan fingerprint density at radius 3 is 2.11 bits per heavy atom. The van der Waals surface area contributed by atoms with Gasteiger partial charge in [-0.15, -0.1) is 0 Å². The molecular weight excluding hydrogens is 364 g/mol. The maximum Gasteiger partial charge on any atom is 0.329 e. The van der Waals surface area contributed by atoms with E-state index in [1.54, 1.807) is 27.9 Å². The van der Waals surface area contributed by atoms with Crippen LogP contribution in [0.2, 0.25) is 18.1 Å². The fourth-order valence-electron chi connectivity index (χ4n) is 1.93. The Kier molecular flexibility index (Phi) is 10.6. The number of amides is 2. The molecule has 0 radical (unpaired) electrons. The largest absolute Gasteiger partial charge is 0.458 e. The summed E-state index contributed by atoms with van der Waals surface area (Å²) in [4.78, 5) is 24.5. The Morgan fingerprint density at radius 2 is 1.63 bits per heavy atom. The molecule has 0 saturated heterocycles. The van der Waals surface area contributed by atoms with Gasteiger partial charge in [0.15, 0.2) is 8.32 Å². The van der Waals surface area contributed by atoms with Crippen LogP contribution in [0.15, 0.2) is 0 Å². The van der Waals surface area contributed by atoms with E-state index in [0.29, 0.717) is 32.6 Å². The van der Waals surface area contributed by atoms with Crippen LogP contribution in [0.3, 0.4) is 0 Å². The minimum atomic E-state index is -1.83. The summed E-state index contributed by atoms with van der Waals surface area (Å²) in [5, 5.41) is 5.50. The molecule has 27 heavy (non-hydrogen) atoms. The first-order chi connectivity index (χ1) is 12.2. The second-order valence-electron chi connectivity index (χ2n) is 9.23. The normalized spacial score (nSPS) is 13.8. The van der Waals surface area contributed by atoms with Gasteiger partial charge in [-0.2, -0.15) is 0 Å². The van der Waals surface area contributed by atoms with Crippen LogP contribution in [0.1, 0.15) is 54.4 Å². The van der Waals surface area contributed by atoms with E-state index in [9.17, 15) is 9.59 Å². The molecule has 0 spiro atoms. The second kappa shape index (κ2) is 11.0. The molecule has 0 heterocycles. The van der Waals surface area contributed by atoms with Crippen LogP contribution in [0.25, 0.3) is 0 Å². The summed E-state index contributed by atoms with van der Waals surface area (Å²) in [5.74, 6) is -0.434. The molecule has 8 heteroatoms. The van der Waals surface area contributed by atoms with E-state index in [2.05, 4.69) is 44.5 Å². The molecule has 0 saturated carbocycles. The highest BCUT2D eigenvalue weighted by Gasteiger charge is 2.37. The molecule has 0 rings (SSSR count). The van der Waals surface area contributed by atoms with E-state index in [1.807, 2.05) is 0 Å². The van der Waals surface area contributed by atoms with E-state index >= 15 is 0 Å². The van der Waals surface area contributed by atoms with Crippen molar-refractivity contribution >= 4 is 20.3 Å². The van der Waals surface area contributed by atoms with Gasteiger partial charge in [0.25, 0.3) is 0 Å². The Labute approximate surface area is 166 Å². The number of ether oxygens (including phenoxy) is 2. The van der Waals surface area contributed by atoms with Gasteiger partial charge in [0.05, 0.1) is 6.61 Å². The average molecular weight is 405 g/mol. The molecule has 0 aliphatic heterocycles. The lowest BCUT2D eigenvalue weighted by atomic mass is 10.1. The molecule has 7 nitrogen and oxygen atoms in total. The highest BCUT2D eigenvalue weighted by Crippen LogP contribution is 2.36. The zero-order chi connectivity index (χ0) is 21.3. The summed E-state index contributed by atoms with van der Waals surface area (Å²) in [6, 6.07) is -1.12. The van der Waals surface area contributed by atoms with Crippen molar-refractivity contribution in [2.75, 3.05) is 26.9 Å². The van der Waals surface area contributed by atoms with Crippen LogP contribution < -0.4 is 10.6 Å². The van der Waals surface area contributed by atoms with E-state index in [4.69, 9.17) is 13.9 Å². The monoisotopic (exact) mass is 404 g/mol. The first-order valence-corrected chi connectivity index (χ1v) is 12.5. The molecule has 0 aliphatic rings. The highest BCUT2D eigenvalue weighted by molar-refractivity contribution is 6.74. The lowest BCUT2D eigenvalue weighted by Gasteiger charge is -2.36. The number of methoxy groups -OCH3 is 1. The zero-order valence-electron chi connectivity index (χ0n) is 18.7. The van der Waals surface area contributed by atoms with Crippen LogP contribution in [0, 0.1) is 0 Å². The van der Waals surface area contributed by atoms with Crippen molar-refractivity contribution in [2.45, 2.75) is 84.2 Å². The third-order valence-corrected chi connectivity index (χ3v) is 9.03. The summed E-state index contributed by atoms with van der Waals surface area (Å²) in [6.07, 6.45) is 1.12. The van der Waals surface area contributed by atoms with Crippen molar-refractivity contribution in [1.29, 1.82) is 0 Å². The maximum atomic E-state index is 12.5. The van der Waals surface area contributed by atoms with Gasteiger partial charge in [0.1, 0.15) is 11.6 Å². The molecule has 0 aromatic heterocycles. The van der Waals surface area contributed by atoms with Crippen molar-refractivity contribution in [1.82, 2.24) is 10.6 Å².